The van der Waals surface area contributed by atoms with E-state index in [0.717, 1.165) is 5.56 Å². The van der Waals surface area contributed by atoms with Crippen molar-refractivity contribution >= 4 is 12.1 Å². The Morgan fingerprint density at radius 2 is 1.95 bits per heavy atom. The zero-order chi connectivity index (χ0) is 14.8. The molecule has 0 aliphatic rings. The normalized spacial score (nSPS) is 11.5. The van der Waals surface area contributed by atoms with Crippen molar-refractivity contribution < 1.29 is 19.1 Å². The first kappa shape index (κ1) is 16.0. The van der Waals surface area contributed by atoms with Crippen molar-refractivity contribution in [2.24, 2.45) is 0 Å². The van der Waals surface area contributed by atoms with E-state index in [2.05, 4.69) is 15.4 Å². The summed E-state index contributed by atoms with van der Waals surface area (Å²) in [6, 6.07) is 9.29. The molecule has 0 aromatic heterocycles. The number of hydrogen-bond donors (Lipinski definition) is 2. The summed E-state index contributed by atoms with van der Waals surface area (Å²) < 4.78 is 9.57. The van der Waals surface area contributed by atoms with Crippen LogP contribution in [-0.2, 0) is 20.9 Å². The number of esters is 1. The number of nitrogens with one attached hydrogen (secondary N) is 2. The van der Waals surface area contributed by atoms with Crippen LogP contribution in [0.2, 0.25) is 0 Å². The number of rotatable bonds is 7. The number of carbonyl (C=O) groups is 2. The number of hydrogen-bond acceptors (Lipinski definition) is 5. The highest BCUT2D eigenvalue weighted by atomic mass is 16.5. The molecule has 0 aliphatic heterocycles. The summed E-state index contributed by atoms with van der Waals surface area (Å²) in [5, 5.41) is 5.54. The van der Waals surface area contributed by atoms with Crippen LogP contribution in [0.5, 0.6) is 0 Å². The van der Waals surface area contributed by atoms with Crippen LogP contribution in [0.3, 0.4) is 0 Å². The fraction of sp³-hybridized carbons (Fsp3) is 0.429. The highest BCUT2D eigenvalue weighted by molar-refractivity contribution is 5.71. The van der Waals surface area contributed by atoms with Gasteiger partial charge in [0.15, 0.2) is 0 Å². The third-order valence-electron chi connectivity index (χ3n) is 2.52. The van der Waals surface area contributed by atoms with Gasteiger partial charge in [-0.15, -0.1) is 0 Å². The van der Waals surface area contributed by atoms with Gasteiger partial charge in [0.05, 0.1) is 13.7 Å². The van der Waals surface area contributed by atoms with Crippen LogP contribution in [0.25, 0.3) is 0 Å². The Balaban J connectivity index is 2.16. The molecule has 1 amide bonds. The largest absolute Gasteiger partial charge is 0.468 e. The molecule has 1 rings (SSSR count). The van der Waals surface area contributed by atoms with E-state index in [-0.39, 0.29) is 25.2 Å². The van der Waals surface area contributed by atoms with E-state index >= 15 is 0 Å². The zero-order valence-corrected chi connectivity index (χ0v) is 11.7. The van der Waals surface area contributed by atoms with Gasteiger partial charge >= 0.3 is 12.1 Å². The fourth-order valence-corrected chi connectivity index (χ4v) is 1.48. The molecule has 6 heteroatoms. The van der Waals surface area contributed by atoms with E-state index in [1.165, 1.54) is 7.11 Å². The second kappa shape index (κ2) is 8.92. The predicted molar refractivity (Wildman–Crippen MR) is 74.1 cm³/mol. The number of ether oxygens (including phenoxy) is 2. The van der Waals surface area contributed by atoms with E-state index in [1.54, 1.807) is 0 Å². The molecule has 0 fully saturated rings. The Kier molecular flexibility index (Phi) is 7.13. The molecule has 0 aliphatic carbocycles. The van der Waals surface area contributed by atoms with Crippen LogP contribution >= 0.6 is 0 Å². The van der Waals surface area contributed by atoms with Crippen LogP contribution in [0.1, 0.15) is 12.5 Å². The van der Waals surface area contributed by atoms with Crippen molar-refractivity contribution in [1.82, 2.24) is 10.6 Å². The summed E-state index contributed by atoms with van der Waals surface area (Å²) >= 11 is 0. The van der Waals surface area contributed by atoms with Gasteiger partial charge in [-0.2, -0.15) is 0 Å². The molecule has 110 valence electrons. The molecule has 0 spiro atoms. The predicted octanol–water partition coefficient (Wildman–Crippen LogP) is 1.06. The number of alkyl carbamates (subject to hydrolysis) is 1. The van der Waals surface area contributed by atoms with Crippen molar-refractivity contribution in [2.75, 3.05) is 20.2 Å². The van der Waals surface area contributed by atoms with Crippen molar-refractivity contribution in [2.45, 2.75) is 19.6 Å². The third kappa shape index (κ3) is 6.75. The van der Waals surface area contributed by atoms with Crippen LogP contribution in [0.4, 0.5) is 4.79 Å². The molecule has 1 atom stereocenters. The lowest BCUT2D eigenvalue weighted by molar-refractivity contribution is -0.139. The quantitative estimate of drug-likeness (QED) is 0.730. The Labute approximate surface area is 118 Å². The fourth-order valence-electron chi connectivity index (χ4n) is 1.48. The maximum absolute atomic E-state index is 11.5. The highest BCUT2D eigenvalue weighted by Crippen LogP contribution is 2.00. The molecule has 0 saturated heterocycles. The molecule has 2 N–H and O–H groups in total. The molecule has 0 bridgehead atoms. The first-order valence-electron chi connectivity index (χ1n) is 6.36. The van der Waals surface area contributed by atoms with E-state index in [0.29, 0.717) is 6.54 Å². The van der Waals surface area contributed by atoms with Gasteiger partial charge in [0, 0.05) is 12.6 Å². The Morgan fingerprint density at radius 1 is 1.25 bits per heavy atom. The standard InChI is InChI=1S/C14H20N2O4/c1-11(8-15-9-13(17)19-2)16-14(18)20-10-12-6-4-3-5-7-12/h3-7,11,15H,8-10H2,1-2H3,(H,16,18)/t11-/m0/s1. The third-order valence-corrected chi connectivity index (χ3v) is 2.52. The minimum Gasteiger partial charge on any atom is -0.468 e. The molecule has 6 nitrogen and oxygen atoms in total. The first-order valence-corrected chi connectivity index (χ1v) is 6.36. The summed E-state index contributed by atoms with van der Waals surface area (Å²) in [5.41, 5.74) is 0.930. The lowest BCUT2D eigenvalue weighted by atomic mass is 10.2. The first-order chi connectivity index (χ1) is 9.61. The SMILES string of the molecule is COC(=O)CNC[C@H](C)NC(=O)OCc1ccccc1. The smallest absolute Gasteiger partial charge is 0.407 e. The second-order valence-corrected chi connectivity index (χ2v) is 4.31. The molecule has 20 heavy (non-hydrogen) atoms. The van der Waals surface area contributed by atoms with Gasteiger partial charge in [0.25, 0.3) is 0 Å². The summed E-state index contributed by atoms with van der Waals surface area (Å²) in [6.45, 7) is 2.61. The van der Waals surface area contributed by atoms with Gasteiger partial charge in [0.1, 0.15) is 6.61 Å². The van der Waals surface area contributed by atoms with E-state index in [4.69, 9.17) is 4.74 Å². The van der Waals surface area contributed by atoms with Gasteiger partial charge in [-0.05, 0) is 12.5 Å². The average Bonchev–Trinajstić information content (AvgIpc) is 2.46. The van der Waals surface area contributed by atoms with E-state index in [1.807, 2.05) is 37.3 Å². The maximum atomic E-state index is 11.5. The summed E-state index contributed by atoms with van der Waals surface area (Å²) in [6.07, 6.45) is -0.485. The van der Waals surface area contributed by atoms with Crippen molar-refractivity contribution in [3.8, 4) is 0 Å². The number of carbonyl (C=O) groups excluding carboxylic acids is 2. The van der Waals surface area contributed by atoms with Crippen LogP contribution in [0.15, 0.2) is 30.3 Å². The van der Waals surface area contributed by atoms with Crippen molar-refractivity contribution in [1.29, 1.82) is 0 Å². The number of benzene rings is 1. The van der Waals surface area contributed by atoms with Gasteiger partial charge in [-0.1, -0.05) is 30.3 Å². The minimum absolute atomic E-state index is 0.113. The van der Waals surface area contributed by atoms with Crippen LogP contribution < -0.4 is 10.6 Å². The molecule has 0 heterocycles. The van der Waals surface area contributed by atoms with Gasteiger partial charge in [0.2, 0.25) is 0 Å². The maximum Gasteiger partial charge on any atom is 0.407 e. The van der Waals surface area contributed by atoms with Crippen LogP contribution in [0, 0.1) is 0 Å². The Bertz CT molecular complexity index is 422. The van der Waals surface area contributed by atoms with Crippen molar-refractivity contribution in [3.05, 3.63) is 35.9 Å². The highest BCUT2D eigenvalue weighted by Gasteiger charge is 2.09. The lowest BCUT2D eigenvalue weighted by Crippen LogP contribution is -2.41. The summed E-state index contributed by atoms with van der Waals surface area (Å²) in [4.78, 5) is 22.4. The van der Waals surface area contributed by atoms with E-state index in [9.17, 15) is 9.59 Å². The molecular weight excluding hydrogens is 260 g/mol. The molecule has 0 unspecified atom stereocenters. The Hall–Kier alpha value is -2.08. The summed E-state index contributed by atoms with van der Waals surface area (Å²) in [7, 11) is 1.33. The van der Waals surface area contributed by atoms with Crippen molar-refractivity contribution in [3.63, 3.8) is 0 Å². The average molecular weight is 280 g/mol. The Morgan fingerprint density at radius 3 is 2.60 bits per heavy atom. The lowest BCUT2D eigenvalue weighted by Gasteiger charge is -2.14. The summed E-state index contributed by atoms with van der Waals surface area (Å²) in [5.74, 6) is -0.344. The van der Waals surface area contributed by atoms with Crippen LogP contribution in [-0.4, -0.2) is 38.3 Å². The molecule has 0 radical (unpaired) electrons. The molecule has 1 aromatic carbocycles. The second-order valence-electron chi connectivity index (χ2n) is 4.31. The molecule has 1 aromatic rings. The number of methoxy groups -OCH3 is 1. The minimum atomic E-state index is -0.485. The van der Waals surface area contributed by atoms with E-state index < -0.39 is 6.09 Å². The molecular formula is C14H20N2O4. The topological polar surface area (TPSA) is 76.7 Å². The van der Waals surface area contributed by atoms with Gasteiger partial charge in [-0.25, -0.2) is 4.79 Å². The zero-order valence-electron chi connectivity index (χ0n) is 11.7. The van der Waals surface area contributed by atoms with Gasteiger partial charge < -0.3 is 20.1 Å². The monoisotopic (exact) mass is 280 g/mol. The number of amides is 1. The molecule has 0 saturated carbocycles. The van der Waals surface area contributed by atoms with Gasteiger partial charge in [-0.3, -0.25) is 4.79 Å².